The molecular weight excluding hydrogens is 116 g/mol. The van der Waals surface area contributed by atoms with Gasteiger partial charge in [-0.15, -0.1) is 19.2 Å². The molecule has 0 aliphatic rings. The van der Waals surface area contributed by atoms with E-state index in [9.17, 15) is 0 Å². The average Bonchev–Trinajstić information content (AvgIpc) is 1.61. The van der Waals surface area contributed by atoms with E-state index in [0.29, 0.717) is 0 Å². The Morgan fingerprint density at radius 2 is 1.88 bits per heavy atom. The summed E-state index contributed by atoms with van der Waals surface area (Å²) in [6.45, 7) is 9.41. The topological polar surface area (TPSA) is 0 Å². The van der Waals surface area contributed by atoms with Gasteiger partial charge in [0.15, 0.2) is 0 Å². The van der Waals surface area contributed by atoms with Gasteiger partial charge in [0, 0.05) is 0 Å². The van der Waals surface area contributed by atoms with Gasteiger partial charge in [-0.1, -0.05) is 12.2 Å². The van der Waals surface area contributed by atoms with Crippen LogP contribution in [-0.4, -0.2) is 0 Å². The number of rotatable bonds is 3. The molecule has 0 rings (SSSR count). The van der Waals surface area contributed by atoms with E-state index < -0.39 is 0 Å². The summed E-state index contributed by atoms with van der Waals surface area (Å²) in [5.74, 6) is 0. The molecule has 0 bridgehead atoms. The molecule has 0 amide bonds. The maximum Gasteiger partial charge on any atom is -0.0190 e. The Kier molecular flexibility index (Phi) is 3.71. The molecule has 0 aromatic rings. The van der Waals surface area contributed by atoms with Crippen LogP contribution in [0, 0.1) is 0 Å². The smallest absolute Gasteiger partial charge is 0.0190 e. The van der Waals surface area contributed by atoms with Crippen molar-refractivity contribution in [1.29, 1.82) is 0 Å². The van der Waals surface area contributed by atoms with Crippen molar-refractivity contribution in [2.75, 3.05) is 0 Å². The van der Waals surface area contributed by atoms with Crippen molar-refractivity contribution < 1.29 is 0 Å². The van der Waals surface area contributed by atoms with Gasteiger partial charge in [0.2, 0.25) is 0 Å². The predicted octanol–water partition coefficient (Wildman–Crippen LogP) is 2.79. The monoisotopic (exact) mass is 128 g/mol. The van der Waals surface area contributed by atoms with Crippen molar-refractivity contribution in [1.82, 2.24) is 0 Å². The standard InChI is InChI=1S/C7H12S/c1-6(2)4-5-7(3)8/h8H,1,3-5H2,2H3. The fourth-order valence-corrected chi connectivity index (χ4v) is 0.469. The molecule has 0 unspecified atom stereocenters. The molecule has 0 aromatic heterocycles. The Morgan fingerprint density at radius 1 is 1.38 bits per heavy atom. The third-order valence-corrected chi connectivity index (χ3v) is 1.06. The van der Waals surface area contributed by atoms with Crippen LogP contribution >= 0.6 is 12.6 Å². The molecule has 0 aromatic carbocycles. The van der Waals surface area contributed by atoms with Gasteiger partial charge in [0.1, 0.15) is 0 Å². The van der Waals surface area contributed by atoms with Gasteiger partial charge in [0.25, 0.3) is 0 Å². The van der Waals surface area contributed by atoms with Gasteiger partial charge < -0.3 is 0 Å². The molecule has 0 fully saturated rings. The van der Waals surface area contributed by atoms with Crippen LogP contribution in [0.15, 0.2) is 23.6 Å². The zero-order valence-electron chi connectivity index (χ0n) is 5.28. The lowest BCUT2D eigenvalue weighted by Gasteiger charge is -1.95. The molecular formula is C7H12S. The molecule has 0 radical (unpaired) electrons. The van der Waals surface area contributed by atoms with Crippen LogP contribution in [0.25, 0.3) is 0 Å². The first kappa shape index (κ1) is 7.83. The maximum atomic E-state index is 4.04. The van der Waals surface area contributed by atoms with E-state index >= 15 is 0 Å². The molecule has 46 valence electrons. The van der Waals surface area contributed by atoms with Crippen molar-refractivity contribution in [3.05, 3.63) is 23.6 Å². The molecule has 0 saturated heterocycles. The van der Waals surface area contributed by atoms with Gasteiger partial charge in [-0.2, -0.15) is 0 Å². The molecule has 8 heavy (non-hydrogen) atoms. The van der Waals surface area contributed by atoms with E-state index in [0.717, 1.165) is 17.7 Å². The van der Waals surface area contributed by atoms with Gasteiger partial charge >= 0.3 is 0 Å². The first-order valence-electron chi connectivity index (χ1n) is 2.64. The Hall–Kier alpha value is -0.170. The maximum absolute atomic E-state index is 4.04. The largest absolute Gasteiger partial charge is 0.148 e. The summed E-state index contributed by atoms with van der Waals surface area (Å²) in [6, 6.07) is 0. The second-order valence-corrected chi connectivity index (χ2v) is 2.66. The highest BCUT2D eigenvalue weighted by molar-refractivity contribution is 7.84. The lowest BCUT2D eigenvalue weighted by molar-refractivity contribution is 0.976. The Labute approximate surface area is 56.7 Å². The van der Waals surface area contributed by atoms with Crippen LogP contribution in [0.4, 0.5) is 0 Å². The van der Waals surface area contributed by atoms with E-state index in [1.165, 1.54) is 5.57 Å². The summed E-state index contributed by atoms with van der Waals surface area (Å²) < 4.78 is 0. The normalized spacial score (nSPS) is 8.75. The first-order valence-corrected chi connectivity index (χ1v) is 3.09. The quantitative estimate of drug-likeness (QED) is 0.438. The third-order valence-electron chi connectivity index (χ3n) is 0.840. The fraction of sp³-hybridized carbons (Fsp3) is 0.429. The molecule has 0 N–H and O–H groups in total. The van der Waals surface area contributed by atoms with Crippen molar-refractivity contribution in [3.8, 4) is 0 Å². The minimum atomic E-state index is 0.938. The van der Waals surface area contributed by atoms with Gasteiger partial charge in [0.05, 0.1) is 0 Å². The van der Waals surface area contributed by atoms with Gasteiger partial charge in [-0.25, -0.2) is 0 Å². The second-order valence-electron chi connectivity index (χ2n) is 2.02. The highest BCUT2D eigenvalue weighted by atomic mass is 32.1. The van der Waals surface area contributed by atoms with Gasteiger partial charge in [-0.3, -0.25) is 0 Å². The van der Waals surface area contributed by atoms with Crippen molar-refractivity contribution in [2.24, 2.45) is 0 Å². The lowest BCUT2D eigenvalue weighted by Crippen LogP contribution is -1.73. The minimum absolute atomic E-state index is 0.938. The Balaban J connectivity index is 3.18. The van der Waals surface area contributed by atoms with Crippen LogP contribution in [0.1, 0.15) is 19.8 Å². The third kappa shape index (κ3) is 5.83. The number of hydrogen-bond acceptors (Lipinski definition) is 1. The summed E-state index contributed by atoms with van der Waals surface area (Å²) in [7, 11) is 0. The highest BCUT2D eigenvalue weighted by Crippen LogP contribution is 2.09. The fourth-order valence-electron chi connectivity index (χ4n) is 0.358. The van der Waals surface area contributed by atoms with E-state index in [2.05, 4.69) is 25.8 Å². The van der Waals surface area contributed by atoms with Crippen LogP contribution in [0.5, 0.6) is 0 Å². The van der Waals surface area contributed by atoms with Crippen molar-refractivity contribution >= 4 is 12.6 Å². The summed E-state index contributed by atoms with van der Waals surface area (Å²) in [4.78, 5) is 0.938. The zero-order valence-corrected chi connectivity index (χ0v) is 6.17. The molecule has 0 heterocycles. The van der Waals surface area contributed by atoms with Crippen molar-refractivity contribution in [2.45, 2.75) is 19.8 Å². The Morgan fingerprint density at radius 3 is 2.00 bits per heavy atom. The summed E-state index contributed by atoms with van der Waals surface area (Å²) in [6.07, 6.45) is 1.97. The Bertz CT molecular complexity index is 89.0. The molecule has 0 spiro atoms. The average molecular weight is 128 g/mol. The minimum Gasteiger partial charge on any atom is -0.148 e. The van der Waals surface area contributed by atoms with E-state index in [1.54, 1.807) is 0 Å². The molecule has 0 nitrogen and oxygen atoms in total. The highest BCUT2D eigenvalue weighted by Gasteiger charge is 1.86. The first-order chi connectivity index (χ1) is 3.63. The van der Waals surface area contributed by atoms with E-state index in [1.807, 2.05) is 6.92 Å². The number of thiol groups is 1. The summed E-state index contributed by atoms with van der Waals surface area (Å²) in [5.41, 5.74) is 1.19. The SMILES string of the molecule is C=C(C)CCC(=C)S. The number of hydrogen-bond donors (Lipinski definition) is 1. The molecule has 0 aliphatic heterocycles. The molecule has 0 saturated carbocycles. The summed E-state index contributed by atoms with van der Waals surface area (Å²) in [5, 5.41) is 0. The van der Waals surface area contributed by atoms with Crippen LogP contribution < -0.4 is 0 Å². The lowest BCUT2D eigenvalue weighted by atomic mass is 10.2. The second kappa shape index (κ2) is 3.79. The van der Waals surface area contributed by atoms with Crippen LogP contribution in [0.2, 0.25) is 0 Å². The predicted molar refractivity (Wildman–Crippen MR) is 42.2 cm³/mol. The van der Waals surface area contributed by atoms with E-state index in [-0.39, 0.29) is 0 Å². The summed E-state index contributed by atoms with van der Waals surface area (Å²) >= 11 is 4.04. The van der Waals surface area contributed by atoms with Crippen LogP contribution in [-0.2, 0) is 0 Å². The van der Waals surface area contributed by atoms with E-state index in [4.69, 9.17) is 0 Å². The number of allylic oxidation sites excluding steroid dienone is 2. The van der Waals surface area contributed by atoms with Crippen molar-refractivity contribution in [3.63, 3.8) is 0 Å². The molecule has 0 atom stereocenters. The van der Waals surface area contributed by atoms with Gasteiger partial charge in [-0.05, 0) is 24.7 Å². The zero-order chi connectivity index (χ0) is 6.57. The molecule has 0 aliphatic carbocycles. The molecule has 1 heteroatoms. The van der Waals surface area contributed by atoms with Crippen LogP contribution in [0.3, 0.4) is 0 Å².